The van der Waals surface area contributed by atoms with Gasteiger partial charge in [-0.1, -0.05) is 18.0 Å². The lowest BCUT2D eigenvalue weighted by Gasteiger charge is -2.27. The molecule has 2 fully saturated rings. The Bertz CT molecular complexity index is 1630. The quantitative estimate of drug-likeness (QED) is 0.250. The molecule has 1 N–H and O–H groups in total. The Morgan fingerprint density at radius 3 is 2.75 bits per heavy atom. The van der Waals surface area contributed by atoms with Gasteiger partial charge in [0.1, 0.15) is 24.1 Å². The molecule has 5 rings (SSSR count). The molecule has 14 heteroatoms. The van der Waals surface area contributed by atoms with Crippen molar-refractivity contribution in [3.05, 3.63) is 61.0 Å². The van der Waals surface area contributed by atoms with E-state index in [1.54, 1.807) is 15.7 Å². The lowest BCUT2D eigenvalue weighted by atomic mass is 10.0. The third-order valence-electron chi connectivity index (χ3n) is 7.28. The molecule has 2 aromatic heterocycles. The van der Waals surface area contributed by atoms with E-state index >= 15 is 4.39 Å². The van der Waals surface area contributed by atoms with Gasteiger partial charge in [-0.3, -0.25) is 9.79 Å². The van der Waals surface area contributed by atoms with Crippen LogP contribution in [0.15, 0.2) is 28.2 Å². The first kappa shape index (κ1) is 27.4. The summed E-state index contributed by atoms with van der Waals surface area (Å²) in [6.07, 6.45) is 7.79. The second-order valence-electron chi connectivity index (χ2n) is 10.1. The van der Waals surface area contributed by atoms with Crippen LogP contribution in [0.5, 0.6) is 0 Å². The van der Waals surface area contributed by atoms with E-state index in [1.807, 2.05) is 0 Å². The first-order valence-corrected chi connectivity index (χ1v) is 13.2. The van der Waals surface area contributed by atoms with Gasteiger partial charge in [-0.2, -0.15) is 0 Å². The number of hydrogen-bond acceptors (Lipinski definition) is 8. The Labute approximate surface area is 231 Å². The maximum atomic E-state index is 15.6. The van der Waals surface area contributed by atoms with Gasteiger partial charge in [0, 0.05) is 44.4 Å². The molecule has 1 saturated heterocycles. The summed E-state index contributed by atoms with van der Waals surface area (Å²) in [5.41, 5.74) is -0.773. The van der Waals surface area contributed by atoms with Crippen LogP contribution in [0.25, 0.3) is 10.9 Å². The molecule has 1 aliphatic heterocycles. The number of aromatic nitrogens is 3. The number of aromatic carboxylic acids is 1. The number of nitro groups is 1. The number of anilines is 1. The van der Waals surface area contributed by atoms with Crippen LogP contribution in [0.4, 0.5) is 15.9 Å². The van der Waals surface area contributed by atoms with Crippen molar-refractivity contribution < 1.29 is 24.0 Å². The van der Waals surface area contributed by atoms with E-state index in [9.17, 15) is 29.6 Å². The average molecular weight is 573 g/mol. The molecule has 0 spiro atoms. The maximum Gasteiger partial charge on any atom is 0.350 e. The number of benzene rings is 1. The first-order chi connectivity index (χ1) is 19.1. The summed E-state index contributed by atoms with van der Waals surface area (Å²) in [5, 5.41) is 20.7. The van der Waals surface area contributed by atoms with E-state index in [-0.39, 0.29) is 40.4 Å². The predicted octanol–water partition coefficient (Wildman–Crippen LogP) is 4.26. The molecule has 1 atom stereocenters. The van der Waals surface area contributed by atoms with Crippen molar-refractivity contribution in [1.82, 2.24) is 14.1 Å². The molecule has 1 unspecified atom stereocenters. The minimum absolute atomic E-state index is 0.0199. The zero-order valence-corrected chi connectivity index (χ0v) is 22.3. The minimum Gasteiger partial charge on any atom is -0.477 e. The standard InChI is InChI=1S/C26H26ClFN6O6/c1-14-30-10-20(34(39)40)33(14)21(35)11-29-9-15-4-2-3-7-31(12-15)24-19(28)8-17-23(22(24)27)32(16-5-6-16)13-18(25(17)36)26(37)38/h8-10,13,15-16H,2-7,11-12H2,1H3,(H,37,38)/b29-9-. The van der Waals surface area contributed by atoms with Crippen LogP contribution in [0.3, 0.4) is 0 Å². The summed E-state index contributed by atoms with van der Waals surface area (Å²) in [6.45, 7) is 2.00. The molecule has 210 valence electrons. The Kier molecular flexibility index (Phi) is 7.41. The van der Waals surface area contributed by atoms with Crippen molar-refractivity contribution in [3.8, 4) is 0 Å². The monoisotopic (exact) mass is 572 g/mol. The number of carboxylic acid groups (broad SMARTS) is 1. The molecule has 1 saturated carbocycles. The van der Waals surface area contributed by atoms with Crippen LogP contribution >= 0.6 is 11.6 Å². The minimum atomic E-state index is -1.38. The van der Waals surface area contributed by atoms with E-state index in [4.69, 9.17) is 11.6 Å². The van der Waals surface area contributed by atoms with Crippen LogP contribution in [0.2, 0.25) is 5.02 Å². The molecule has 40 heavy (non-hydrogen) atoms. The van der Waals surface area contributed by atoms with E-state index in [0.717, 1.165) is 48.9 Å². The lowest BCUT2D eigenvalue weighted by Crippen LogP contribution is -2.30. The van der Waals surface area contributed by atoms with Crippen molar-refractivity contribution in [2.75, 3.05) is 24.5 Å². The van der Waals surface area contributed by atoms with Crippen molar-refractivity contribution >= 4 is 52.1 Å². The van der Waals surface area contributed by atoms with Gasteiger partial charge in [-0.05, 0) is 36.7 Å². The maximum absolute atomic E-state index is 15.6. The molecular weight excluding hydrogens is 547 g/mol. The largest absolute Gasteiger partial charge is 0.477 e. The average Bonchev–Trinajstić information content (AvgIpc) is 3.69. The van der Waals surface area contributed by atoms with Gasteiger partial charge in [0.05, 0.1) is 21.6 Å². The highest BCUT2D eigenvalue weighted by Gasteiger charge is 2.31. The molecule has 3 heterocycles. The highest BCUT2D eigenvalue weighted by atomic mass is 35.5. The predicted molar refractivity (Wildman–Crippen MR) is 146 cm³/mol. The molecule has 1 aromatic carbocycles. The van der Waals surface area contributed by atoms with Crippen molar-refractivity contribution in [2.45, 2.75) is 45.1 Å². The van der Waals surface area contributed by atoms with Crippen molar-refractivity contribution in [3.63, 3.8) is 0 Å². The third kappa shape index (κ3) is 5.08. The number of pyridine rings is 1. The zero-order valence-electron chi connectivity index (χ0n) is 21.5. The number of aryl methyl sites for hydroxylation is 1. The van der Waals surface area contributed by atoms with Crippen LogP contribution in [0, 0.1) is 28.8 Å². The number of aliphatic imine (C=N–C) groups is 1. The molecule has 0 radical (unpaired) electrons. The van der Waals surface area contributed by atoms with E-state index in [0.29, 0.717) is 18.6 Å². The van der Waals surface area contributed by atoms with Crippen LogP contribution < -0.4 is 10.3 Å². The fraction of sp³-hybridized carbons (Fsp3) is 0.423. The van der Waals surface area contributed by atoms with E-state index in [2.05, 4.69) is 9.98 Å². The lowest BCUT2D eigenvalue weighted by molar-refractivity contribution is -0.390. The number of imidazole rings is 1. The van der Waals surface area contributed by atoms with Gasteiger partial charge in [-0.25, -0.2) is 19.0 Å². The molecule has 1 aliphatic carbocycles. The fourth-order valence-corrected chi connectivity index (χ4v) is 5.64. The highest BCUT2D eigenvalue weighted by Crippen LogP contribution is 2.42. The summed E-state index contributed by atoms with van der Waals surface area (Å²) in [4.78, 5) is 57.5. The third-order valence-corrected chi connectivity index (χ3v) is 7.64. The number of halogens is 2. The number of fused-ring (bicyclic) bond motifs is 1. The van der Waals surface area contributed by atoms with Gasteiger partial charge >= 0.3 is 17.7 Å². The fourth-order valence-electron chi connectivity index (χ4n) is 5.23. The van der Waals surface area contributed by atoms with Gasteiger partial charge in [0.15, 0.2) is 0 Å². The van der Waals surface area contributed by atoms with Crippen LogP contribution in [0.1, 0.15) is 59.1 Å². The number of hydrogen-bond donors (Lipinski definition) is 1. The molecule has 0 amide bonds. The second kappa shape index (κ2) is 10.8. The van der Waals surface area contributed by atoms with Gasteiger partial charge in [0.2, 0.25) is 11.3 Å². The summed E-state index contributed by atoms with van der Waals surface area (Å²) in [5.74, 6) is -3.11. The normalized spacial score (nSPS) is 17.9. The second-order valence-corrected chi connectivity index (χ2v) is 10.5. The highest BCUT2D eigenvalue weighted by molar-refractivity contribution is 6.38. The molecule has 12 nitrogen and oxygen atoms in total. The Balaban J connectivity index is 1.43. The summed E-state index contributed by atoms with van der Waals surface area (Å²) < 4.78 is 18.2. The summed E-state index contributed by atoms with van der Waals surface area (Å²) >= 11 is 6.79. The Morgan fingerprint density at radius 2 is 2.08 bits per heavy atom. The first-order valence-electron chi connectivity index (χ1n) is 12.9. The van der Waals surface area contributed by atoms with Crippen molar-refractivity contribution in [2.24, 2.45) is 10.9 Å². The van der Waals surface area contributed by atoms with Gasteiger partial charge in [0.25, 0.3) is 0 Å². The van der Waals surface area contributed by atoms with Crippen LogP contribution in [-0.4, -0.2) is 61.9 Å². The Hall–Kier alpha value is -4.13. The van der Waals surface area contributed by atoms with E-state index in [1.165, 1.54) is 13.1 Å². The number of nitrogens with zero attached hydrogens (tertiary/aromatic N) is 6. The Morgan fingerprint density at radius 1 is 1.32 bits per heavy atom. The van der Waals surface area contributed by atoms with Crippen molar-refractivity contribution in [1.29, 1.82) is 0 Å². The number of carboxylic acids is 1. The van der Waals surface area contributed by atoms with Gasteiger partial charge < -0.3 is 24.7 Å². The number of carbonyl (C=O) groups is 2. The topological polar surface area (TPSA) is 153 Å². The SMILES string of the molecule is Cc1ncc([N+](=O)[O-])n1C(=O)C/N=C\C1CCCCN(c2c(F)cc3c(=O)c(C(=O)O)cn(C4CC4)c3c2Cl)C1. The summed E-state index contributed by atoms with van der Waals surface area (Å²) in [7, 11) is 0. The molecule has 2 aliphatic rings. The smallest absolute Gasteiger partial charge is 0.350 e. The molecule has 3 aromatic rings. The van der Waals surface area contributed by atoms with Gasteiger partial charge in [-0.15, -0.1) is 4.57 Å². The van der Waals surface area contributed by atoms with E-state index < -0.39 is 39.4 Å². The number of carbonyl (C=O) groups excluding carboxylic acids is 1. The number of rotatable bonds is 7. The molecular formula is C26H26ClFN6O6. The zero-order chi connectivity index (χ0) is 28.7. The van der Waals surface area contributed by atoms with Crippen LogP contribution in [-0.2, 0) is 0 Å². The molecule has 0 bridgehead atoms. The summed E-state index contributed by atoms with van der Waals surface area (Å²) in [6, 6.07) is 1.05.